The van der Waals surface area contributed by atoms with Gasteiger partial charge < -0.3 is 5.32 Å². The van der Waals surface area contributed by atoms with E-state index in [0.29, 0.717) is 0 Å². The standard InChI is InChI=1S/C13H25N/c1-3-6-12(2)11-14-10-9-13-7-4-5-8-13/h7,12,14H,3-6,8-11H2,1-2H3. The maximum absolute atomic E-state index is 3.56. The summed E-state index contributed by atoms with van der Waals surface area (Å²) >= 11 is 0. The number of hydrogen-bond acceptors (Lipinski definition) is 1. The largest absolute Gasteiger partial charge is 0.316 e. The number of hydrogen-bond donors (Lipinski definition) is 1. The van der Waals surface area contributed by atoms with E-state index < -0.39 is 0 Å². The first-order valence-corrected chi connectivity index (χ1v) is 6.21. The quantitative estimate of drug-likeness (QED) is 0.484. The molecule has 14 heavy (non-hydrogen) atoms. The van der Waals surface area contributed by atoms with E-state index >= 15 is 0 Å². The molecule has 0 saturated carbocycles. The minimum absolute atomic E-state index is 0.845. The van der Waals surface area contributed by atoms with E-state index in [2.05, 4.69) is 25.2 Å². The van der Waals surface area contributed by atoms with Crippen molar-refractivity contribution in [2.24, 2.45) is 5.92 Å². The molecule has 0 heterocycles. The molecule has 1 N–H and O–H groups in total. The lowest BCUT2D eigenvalue weighted by molar-refractivity contribution is 0.477. The lowest BCUT2D eigenvalue weighted by Crippen LogP contribution is -2.22. The van der Waals surface area contributed by atoms with Crippen LogP contribution >= 0.6 is 0 Å². The molecule has 0 aromatic rings. The van der Waals surface area contributed by atoms with E-state index in [1.807, 2.05) is 0 Å². The van der Waals surface area contributed by atoms with E-state index in [4.69, 9.17) is 0 Å². The first kappa shape index (κ1) is 11.8. The van der Waals surface area contributed by atoms with Crippen molar-refractivity contribution < 1.29 is 0 Å². The van der Waals surface area contributed by atoms with Gasteiger partial charge in [0.25, 0.3) is 0 Å². The first-order chi connectivity index (χ1) is 6.83. The van der Waals surface area contributed by atoms with Crippen LogP contribution in [0.15, 0.2) is 11.6 Å². The second-order valence-corrected chi connectivity index (χ2v) is 4.60. The molecule has 1 aliphatic carbocycles. The third kappa shape index (κ3) is 4.80. The zero-order chi connectivity index (χ0) is 10.2. The lowest BCUT2D eigenvalue weighted by Gasteiger charge is -2.11. The molecule has 1 aliphatic rings. The summed E-state index contributed by atoms with van der Waals surface area (Å²) < 4.78 is 0. The summed E-state index contributed by atoms with van der Waals surface area (Å²) in [5.41, 5.74) is 1.68. The van der Waals surface area contributed by atoms with Gasteiger partial charge >= 0.3 is 0 Å². The average Bonchev–Trinajstić information content (AvgIpc) is 2.65. The van der Waals surface area contributed by atoms with Gasteiger partial charge in [-0.05, 0) is 51.1 Å². The van der Waals surface area contributed by atoms with Crippen molar-refractivity contribution >= 4 is 0 Å². The van der Waals surface area contributed by atoms with Crippen LogP contribution in [0, 0.1) is 5.92 Å². The molecule has 0 aliphatic heterocycles. The summed E-state index contributed by atoms with van der Waals surface area (Å²) in [6.45, 7) is 6.98. The first-order valence-electron chi connectivity index (χ1n) is 6.21. The molecule has 0 aromatic heterocycles. The predicted molar refractivity (Wildman–Crippen MR) is 63.5 cm³/mol. The molecule has 0 radical (unpaired) electrons. The van der Waals surface area contributed by atoms with E-state index in [0.717, 1.165) is 5.92 Å². The third-order valence-corrected chi connectivity index (χ3v) is 3.03. The van der Waals surface area contributed by atoms with Crippen LogP contribution in [0.2, 0.25) is 0 Å². The summed E-state index contributed by atoms with van der Waals surface area (Å²) in [4.78, 5) is 0. The van der Waals surface area contributed by atoms with Gasteiger partial charge in [-0.25, -0.2) is 0 Å². The highest BCUT2D eigenvalue weighted by atomic mass is 14.8. The Hall–Kier alpha value is -0.300. The van der Waals surface area contributed by atoms with Gasteiger partial charge in [-0.1, -0.05) is 31.9 Å². The highest BCUT2D eigenvalue weighted by Gasteiger charge is 2.04. The molecule has 0 saturated heterocycles. The lowest BCUT2D eigenvalue weighted by atomic mass is 10.1. The van der Waals surface area contributed by atoms with Gasteiger partial charge in [-0.3, -0.25) is 0 Å². The van der Waals surface area contributed by atoms with E-state index in [1.165, 1.54) is 51.6 Å². The van der Waals surface area contributed by atoms with Gasteiger partial charge in [0, 0.05) is 0 Å². The van der Waals surface area contributed by atoms with Gasteiger partial charge in [0.1, 0.15) is 0 Å². The van der Waals surface area contributed by atoms with Crippen LogP contribution in [0.4, 0.5) is 0 Å². The summed E-state index contributed by atoms with van der Waals surface area (Å²) in [6.07, 6.45) is 10.4. The molecule has 1 atom stereocenters. The maximum Gasteiger partial charge on any atom is -0.00115 e. The molecule has 1 unspecified atom stereocenters. The van der Waals surface area contributed by atoms with Crippen LogP contribution in [0.1, 0.15) is 52.4 Å². The molecular weight excluding hydrogens is 170 g/mol. The second kappa shape index (κ2) is 7.05. The molecule has 0 bridgehead atoms. The van der Waals surface area contributed by atoms with Gasteiger partial charge in [0.15, 0.2) is 0 Å². The van der Waals surface area contributed by atoms with Crippen molar-refractivity contribution in [1.29, 1.82) is 0 Å². The molecule has 0 aromatic carbocycles. The van der Waals surface area contributed by atoms with Crippen LogP contribution in [-0.4, -0.2) is 13.1 Å². The molecule has 0 spiro atoms. The van der Waals surface area contributed by atoms with Gasteiger partial charge in [0.05, 0.1) is 0 Å². The van der Waals surface area contributed by atoms with E-state index in [-0.39, 0.29) is 0 Å². The molecule has 82 valence electrons. The van der Waals surface area contributed by atoms with Crippen LogP contribution in [0.25, 0.3) is 0 Å². The van der Waals surface area contributed by atoms with Crippen LogP contribution < -0.4 is 5.32 Å². The normalized spacial score (nSPS) is 18.3. The fourth-order valence-corrected chi connectivity index (χ4v) is 2.16. The zero-order valence-corrected chi connectivity index (χ0v) is 9.81. The summed E-state index contributed by atoms with van der Waals surface area (Å²) in [5, 5.41) is 3.56. The number of nitrogens with one attached hydrogen (secondary N) is 1. The predicted octanol–water partition coefficient (Wildman–Crippen LogP) is 3.51. The van der Waals surface area contributed by atoms with Crippen molar-refractivity contribution in [3.05, 3.63) is 11.6 Å². The Kier molecular flexibility index (Phi) is 5.93. The zero-order valence-electron chi connectivity index (χ0n) is 9.81. The summed E-state index contributed by atoms with van der Waals surface area (Å²) in [6, 6.07) is 0. The molecule has 1 rings (SSSR count). The number of rotatable bonds is 7. The minimum atomic E-state index is 0.845. The van der Waals surface area contributed by atoms with Crippen molar-refractivity contribution in [2.45, 2.75) is 52.4 Å². The molecule has 0 amide bonds. The van der Waals surface area contributed by atoms with Crippen molar-refractivity contribution in [2.75, 3.05) is 13.1 Å². The minimum Gasteiger partial charge on any atom is -0.316 e. The fraction of sp³-hybridized carbons (Fsp3) is 0.846. The molecule has 1 heteroatoms. The molecule has 0 fully saturated rings. The van der Waals surface area contributed by atoms with Crippen LogP contribution in [0.5, 0.6) is 0 Å². The van der Waals surface area contributed by atoms with E-state index in [1.54, 1.807) is 5.57 Å². The van der Waals surface area contributed by atoms with Gasteiger partial charge in [-0.15, -0.1) is 0 Å². The topological polar surface area (TPSA) is 12.0 Å². The SMILES string of the molecule is CCCC(C)CNCCC1=CCCC1. The van der Waals surface area contributed by atoms with Gasteiger partial charge in [-0.2, -0.15) is 0 Å². The van der Waals surface area contributed by atoms with Crippen LogP contribution in [-0.2, 0) is 0 Å². The highest BCUT2D eigenvalue weighted by Crippen LogP contribution is 2.19. The second-order valence-electron chi connectivity index (χ2n) is 4.60. The highest BCUT2D eigenvalue weighted by molar-refractivity contribution is 5.07. The number of allylic oxidation sites excluding steroid dienone is 1. The summed E-state index contributed by atoms with van der Waals surface area (Å²) in [7, 11) is 0. The summed E-state index contributed by atoms with van der Waals surface area (Å²) in [5.74, 6) is 0.845. The van der Waals surface area contributed by atoms with Crippen molar-refractivity contribution in [1.82, 2.24) is 5.32 Å². The Morgan fingerprint density at radius 3 is 3.00 bits per heavy atom. The van der Waals surface area contributed by atoms with Crippen molar-refractivity contribution in [3.8, 4) is 0 Å². The molecule has 1 nitrogen and oxygen atoms in total. The Morgan fingerprint density at radius 1 is 1.50 bits per heavy atom. The maximum atomic E-state index is 3.56. The third-order valence-electron chi connectivity index (χ3n) is 3.03. The average molecular weight is 195 g/mol. The van der Waals surface area contributed by atoms with Crippen LogP contribution in [0.3, 0.4) is 0 Å². The fourth-order valence-electron chi connectivity index (χ4n) is 2.16. The smallest absolute Gasteiger partial charge is 0.00115 e. The van der Waals surface area contributed by atoms with Gasteiger partial charge in [0.2, 0.25) is 0 Å². The Morgan fingerprint density at radius 2 is 2.36 bits per heavy atom. The Bertz CT molecular complexity index is 172. The monoisotopic (exact) mass is 195 g/mol. The van der Waals surface area contributed by atoms with Crippen molar-refractivity contribution in [3.63, 3.8) is 0 Å². The van der Waals surface area contributed by atoms with E-state index in [9.17, 15) is 0 Å². The Labute approximate surface area is 89.0 Å². The Balaban J connectivity index is 1.93. The molecular formula is C13H25N.